The highest BCUT2D eigenvalue weighted by Gasteiger charge is 2.34. The Kier molecular flexibility index (Phi) is 5.48. The van der Waals surface area contributed by atoms with Crippen molar-refractivity contribution in [2.45, 2.75) is 26.6 Å². The number of halogens is 2. The van der Waals surface area contributed by atoms with Gasteiger partial charge < -0.3 is 18.9 Å². The molecule has 0 fully saturated rings. The van der Waals surface area contributed by atoms with Crippen molar-refractivity contribution in [2.75, 3.05) is 13.5 Å². The van der Waals surface area contributed by atoms with Gasteiger partial charge in [0.1, 0.15) is 29.8 Å². The highest BCUT2D eigenvalue weighted by Crippen LogP contribution is 2.44. The summed E-state index contributed by atoms with van der Waals surface area (Å²) in [5, 5.41) is 0.522. The lowest BCUT2D eigenvalue weighted by Crippen LogP contribution is -2.32. The Bertz CT molecular complexity index is 1390. The highest BCUT2D eigenvalue weighted by atomic mass is 35.5. The SMILES string of the molecule is Cc1c2c(cc3c1O/C(=C\c1cc(Cl)cc4c1OCOC4)C3=O)CN(Cc1ccc(F)cc1)CO2. The van der Waals surface area contributed by atoms with Crippen molar-refractivity contribution in [3.63, 3.8) is 0 Å². The number of carbonyl (C=O) groups is 1. The summed E-state index contributed by atoms with van der Waals surface area (Å²) in [7, 11) is 0. The molecule has 0 N–H and O–H groups in total. The van der Waals surface area contributed by atoms with Crippen molar-refractivity contribution in [3.05, 3.63) is 92.4 Å². The van der Waals surface area contributed by atoms with E-state index in [1.54, 1.807) is 30.3 Å². The minimum Gasteiger partial charge on any atom is -0.477 e. The van der Waals surface area contributed by atoms with E-state index >= 15 is 0 Å². The van der Waals surface area contributed by atoms with Gasteiger partial charge in [-0.2, -0.15) is 0 Å². The van der Waals surface area contributed by atoms with Crippen LogP contribution in [0.25, 0.3) is 6.08 Å². The van der Waals surface area contributed by atoms with Crippen molar-refractivity contribution in [1.29, 1.82) is 0 Å². The van der Waals surface area contributed by atoms with E-state index in [0.717, 1.165) is 28.0 Å². The van der Waals surface area contributed by atoms with E-state index in [1.165, 1.54) is 12.1 Å². The molecule has 3 aliphatic heterocycles. The van der Waals surface area contributed by atoms with Gasteiger partial charge in [-0.25, -0.2) is 4.39 Å². The van der Waals surface area contributed by atoms with Crippen LogP contribution in [0.3, 0.4) is 0 Å². The Morgan fingerprint density at radius 2 is 1.89 bits per heavy atom. The first-order valence-corrected chi connectivity index (χ1v) is 11.6. The lowest BCUT2D eigenvalue weighted by molar-refractivity contribution is -0.0165. The molecule has 0 saturated heterocycles. The molecule has 6 nitrogen and oxygen atoms in total. The van der Waals surface area contributed by atoms with Crippen LogP contribution >= 0.6 is 11.6 Å². The zero-order valence-corrected chi connectivity index (χ0v) is 19.7. The maximum absolute atomic E-state index is 13.3. The molecule has 35 heavy (non-hydrogen) atoms. The van der Waals surface area contributed by atoms with Crippen LogP contribution in [0.1, 0.15) is 38.2 Å². The van der Waals surface area contributed by atoms with Crippen molar-refractivity contribution in [3.8, 4) is 17.2 Å². The van der Waals surface area contributed by atoms with Crippen LogP contribution < -0.4 is 14.2 Å². The molecular formula is C27H21ClFNO5. The Hall–Kier alpha value is -3.39. The fourth-order valence-corrected chi connectivity index (χ4v) is 4.95. The molecular weight excluding hydrogens is 473 g/mol. The van der Waals surface area contributed by atoms with E-state index in [4.69, 9.17) is 30.5 Å². The molecule has 0 radical (unpaired) electrons. The average Bonchev–Trinajstić information content (AvgIpc) is 3.16. The molecule has 0 atom stereocenters. The largest absolute Gasteiger partial charge is 0.477 e. The molecule has 3 heterocycles. The minimum atomic E-state index is -0.263. The Morgan fingerprint density at radius 1 is 1.06 bits per heavy atom. The quantitative estimate of drug-likeness (QED) is 0.441. The van der Waals surface area contributed by atoms with E-state index in [2.05, 4.69) is 4.90 Å². The number of ether oxygens (including phenoxy) is 4. The minimum absolute atomic E-state index is 0.136. The van der Waals surface area contributed by atoms with E-state index < -0.39 is 0 Å². The second-order valence-electron chi connectivity index (χ2n) is 8.79. The number of ketones is 1. The molecule has 0 spiro atoms. The summed E-state index contributed by atoms with van der Waals surface area (Å²) < 4.78 is 36.3. The van der Waals surface area contributed by atoms with Gasteiger partial charge in [-0.1, -0.05) is 23.7 Å². The maximum Gasteiger partial charge on any atom is 0.231 e. The third-order valence-corrected chi connectivity index (χ3v) is 6.53. The first kappa shape index (κ1) is 22.1. The number of rotatable bonds is 3. The van der Waals surface area contributed by atoms with Crippen molar-refractivity contribution >= 4 is 23.5 Å². The highest BCUT2D eigenvalue weighted by molar-refractivity contribution is 6.31. The number of hydrogen-bond acceptors (Lipinski definition) is 6. The molecule has 0 bridgehead atoms. The van der Waals surface area contributed by atoms with Gasteiger partial charge in [0.15, 0.2) is 12.6 Å². The van der Waals surface area contributed by atoms with Gasteiger partial charge in [0.05, 0.1) is 12.2 Å². The number of fused-ring (bicyclic) bond motifs is 3. The zero-order chi connectivity index (χ0) is 24.1. The molecule has 6 rings (SSSR count). The van der Waals surface area contributed by atoms with Crippen molar-refractivity contribution < 1.29 is 28.1 Å². The average molecular weight is 494 g/mol. The van der Waals surface area contributed by atoms with Crippen LogP contribution in [0.4, 0.5) is 4.39 Å². The molecule has 0 unspecified atom stereocenters. The van der Waals surface area contributed by atoms with Crippen LogP contribution in [0, 0.1) is 12.7 Å². The summed E-state index contributed by atoms with van der Waals surface area (Å²) >= 11 is 6.28. The monoisotopic (exact) mass is 493 g/mol. The van der Waals surface area contributed by atoms with E-state index in [-0.39, 0.29) is 24.2 Å². The fourth-order valence-electron chi connectivity index (χ4n) is 4.70. The molecule has 8 heteroatoms. The second kappa shape index (κ2) is 8.68. The first-order chi connectivity index (χ1) is 17.0. The summed E-state index contributed by atoms with van der Waals surface area (Å²) in [5.41, 5.74) is 4.66. The van der Waals surface area contributed by atoms with E-state index in [1.807, 2.05) is 13.0 Å². The summed E-state index contributed by atoms with van der Waals surface area (Å²) in [6.45, 7) is 4.01. The summed E-state index contributed by atoms with van der Waals surface area (Å²) in [4.78, 5) is 15.4. The van der Waals surface area contributed by atoms with Crippen molar-refractivity contribution in [2.24, 2.45) is 0 Å². The van der Waals surface area contributed by atoms with Crippen LogP contribution in [-0.2, 0) is 24.4 Å². The van der Waals surface area contributed by atoms with Crippen LogP contribution in [0.15, 0.2) is 48.2 Å². The van der Waals surface area contributed by atoms with Gasteiger partial charge in [0.2, 0.25) is 5.78 Å². The number of Topliss-reactive ketones (excluding diaryl/α,β-unsaturated/α-hetero) is 1. The predicted molar refractivity (Wildman–Crippen MR) is 127 cm³/mol. The van der Waals surface area contributed by atoms with Gasteiger partial charge >= 0.3 is 0 Å². The Balaban J connectivity index is 1.30. The standard InChI is InChI=1S/C27H21ClFNO5/c1-15-25-18(11-30(13-33-25)10-16-2-4-21(29)5-3-16)8-22-24(31)23(35-26(15)22)9-17-6-20(28)7-19-12-32-14-34-27(17)19/h2-9H,10-14H2,1H3/b23-9-. The van der Waals surface area contributed by atoms with Crippen LogP contribution in [0.5, 0.6) is 17.2 Å². The van der Waals surface area contributed by atoms with Gasteiger partial charge in [-0.05, 0) is 48.9 Å². The number of carbonyl (C=O) groups excluding carboxylic acids is 1. The fraction of sp³-hybridized carbons (Fsp3) is 0.222. The third kappa shape index (κ3) is 4.05. The van der Waals surface area contributed by atoms with Crippen LogP contribution in [-0.4, -0.2) is 24.2 Å². The summed E-state index contributed by atoms with van der Waals surface area (Å²) in [5.74, 6) is 1.61. The van der Waals surface area contributed by atoms with Gasteiger partial charge in [0, 0.05) is 40.4 Å². The molecule has 0 aromatic heterocycles. The van der Waals surface area contributed by atoms with E-state index in [9.17, 15) is 9.18 Å². The van der Waals surface area contributed by atoms with Gasteiger partial charge in [-0.15, -0.1) is 0 Å². The number of benzene rings is 3. The lowest BCUT2D eigenvalue weighted by atomic mass is 9.99. The summed E-state index contributed by atoms with van der Waals surface area (Å²) in [6.07, 6.45) is 1.67. The maximum atomic E-state index is 13.3. The topological polar surface area (TPSA) is 57.2 Å². The second-order valence-corrected chi connectivity index (χ2v) is 9.22. The summed E-state index contributed by atoms with van der Waals surface area (Å²) in [6, 6.07) is 11.8. The predicted octanol–water partition coefficient (Wildman–Crippen LogP) is 5.62. The van der Waals surface area contributed by atoms with Crippen LogP contribution in [0.2, 0.25) is 5.02 Å². The molecule has 178 valence electrons. The first-order valence-electron chi connectivity index (χ1n) is 11.2. The van der Waals surface area contributed by atoms with Gasteiger partial charge in [-0.3, -0.25) is 9.69 Å². The number of nitrogens with zero attached hydrogens (tertiary/aromatic N) is 1. The molecule has 3 aromatic rings. The molecule has 3 aliphatic rings. The van der Waals surface area contributed by atoms with Crippen molar-refractivity contribution in [1.82, 2.24) is 4.90 Å². The third-order valence-electron chi connectivity index (χ3n) is 6.31. The lowest BCUT2D eigenvalue weighted by Gasteiger charge is -2.30. The molecule has 0 amide bonds. The zero-order valence-electron chi connectivity index (χ0n) is 18.9. The number of hydrogen-bond donors (Lipinski definition) is 0. The molecule has 3 aromatic carbocycles. The van der Waals surface area contributed by atoms with E-state index in [0.29, 0.717) is 54.1 Å². The Labute approximate surface area is 206 Å². The Morgan fingerprint density at radius 3 is 2.71 bits per heavy atom. The normalized spacial score (nSPS) is 17.8. The number of allylic oxidation sites excluding steroid dienone is 1. The smallest absolute Gasteiger partial charge is 0.231 e. The molecule has 0 saturated carbocycles. The molecule has 0 aliphatic carbocycles. The van der Waals surface area contributed by atoms with Gasteiger partial charge in [0.25, 0.3) is 0 Å².